The van der Waals surface area contributed by atoms with Crippen molar-refractivity contribution in [2.45, 2.75) is 20.3 Å². The van der Waals surface area contributed by atoms with E-state index in [0.29, 0.717) is 0 Å². The van der Waals surface area contributed by atoms with E-state index in [4.69, 9.17) is 0 Å². The highest BCUT2D eigenvalue weighted by Gasteiger charge is 1.91. The minimum absolute atomic E-state index is 1.03. The molecular formula is C10H13N. The van der Waals surface area contributed by atoms with Crippen LogP contribution in [0, 0.1) is 19.1 Å². The number of hydrogen-bond donors (Lipinski definition) is 1. The van der Waals surface area contributed by atoms with Crippen LogP contribution in [0.4, 0.5) is 5.69 Å². The van der Waals surface area contributed by atoms with Gasteiger partial charge < -0.3 is 5.32 Å². The molecule has 1 aromatic rings. The highest BCUT2D eigenvalue weighted by atomic mass is 14.9. The Balaban J connectivity index is 2.62. The second-order valence-corrected chi connectivity index (χ2v) is 2.57. The van der Waals surface area contributed by atoms with E-state index < -0.39 is 0 Å². The minimum atomic E-state index is 1.03. The maximum absolute atomic E-state index is 3.31. The molecule has 0 aliphatic heterocycles. The summed E-state index contributed by atoms with van der Waals surface area (Å²) in [6, 6.07) is 9.84. The van der Waals surface area contributed by atoms with Crippen molar-refractivity contribution >= 4 is 5.69 Å². The zero-order valence-electron chi connectivity index (χ0n) is 7.07. The van der Waals surface area contributed by atoms with Crippen molar-refractivity contribution in [3.63, 3.8) is 0 Å². The van der Waals surface area contributed by atoms with Crippen LogP contribution in [0.1, 0.15) is 18.9 Å². The molecule has 0 atom stereocenters. The molecule has 0 unspecified atom stereocenters. The van der Waals surface area contributed by atoms with Crippen LogP contribution in [-0.2, 0) is 0 Å². The van der Waals surface area contributed by atoms with Crippen LogP contribution in [0.25, 0.3) is 0 Å². The predicted octanol–water partition coefficient (Wildman–Crippen LogP) is 2.42. The van der Waals surface area contributed by atoms with Gasteiger partial charge in [0.1, 0.15) is 0 Å². The average Bonchev–Trinajstić information content (AvgIpc) is 2.03. The maximum atomic E-state index is 3.31. The molecule has 0 aromatic heterocycles. The first-order valence-corrected chi connectivity index (χ1v) is 3.97. The number of anilines is 1. The van der Waals surface area contributed by atoms with Crippen LogP contribution in [-0.4, -0.2) is 6.54 Å². The monoisotopic (exact) mass is 147 g/mol. The van der Waals surface area contributed by atoms with Gasteiger partial charge in [-0.1, -0.05) is 19.1 Å². The van der Waals surface area contributed by atoms with Gasteiger partial charge in [-0.2, -0.15) is 0 Å². The molecule has 1 aromatic carbocycles. The standard InChI is InChI=1S/C10H13N/c1-3-8-11-10-7-5-4-6-9(10)2/h5,7,11H,3,8H2,1-2H3. The molecule has 0 fully saturated rings. The van der Waals surface area contributed by atoms with Crippen LogP contribution in [0.15, 0.2) is 12.1 Å². The Hall–Kier alpha value is -1.16. The molecule has 1 nitrogen and oxygen atoms in total. The molecule has 1 rings (SSSR count). The van der Waals surface area contributed by atoms with E-state index >= 15 is 0 Å². The summed E-state index contributed by atoms with van der Waals surface area (Å²) in [7, 11) is 0. The van der Waals surface area contributed by atoms with Crippen LogP contribution < -0.4 is 5.32 Å². The molecule has 0 saturated carbocycles. The summed E-state index contributed by atoms with van der Waals surface area (Å²) >= 11 is 0. The summed E-state index contributed by atoms with van der Waals surface area (Å²) < 4.78 is 0. The van der Waals surface area contributed by atoms with Crippen LogP contribution in [0.3, 0.4) is 0 Å². The van der Waals surface area contributed by atoms with Gasteiger partial charge in [0.2, 0.25) is 0 Å². The van der Waals surface area contributed by atoms with Gasteiger partial charge in [-0.3, -0.25) is 0 Å². The Morgan fingerprint density at radius 2 is 2.36 bits per heavy atom. The van der Waals surface area contributed by atoms with Crippen molar-refractivity contribution in [1.29, 1.82) is 0 Å². The van der Waals surface area contributed by atoms with E-state index in [-0.39, 0.29) is 0 Å². The molecule has 0 amide bonds. The molecule has 1 N–H and O–H groups in total. The molecular weight excluding hydrogens is 134 g/mol. The van der Waals surface area contributed by atoms with Crippen molar-refractivity contribution in [3.05, 3.63) is 29.8 Å². The first kappa shape index (κ1) is 7.94. The Morgan fingerprint density at radius 3 is 3.00 bits per heavy atom. The quantitative estimate of drug-likeness (QED) is 0.692. The Morgan fingerprint density at radius 1 is 1.55 bits per heavy atom. The normalized spacial score (nSPS) is 8.91. The second kappa shape index (κ2) is 3.88. The van der Waals surface area contributed by atoms with Crippen molar-refractivity contribution in [2.75, 3.05) is 11.9 Å². The Bertz CT molecular complexity index is 218. The third-order valence-corrected chi connectivity index (χ3v) is 1.56. The Labute approximate surface area is 68.4 Å². The lowest BCUT2D eigenvalue weighted by atomic mass is 10.2. The van der Waals surface area contributed by atoms with E-state index in [2.05, 4.69) is 24.4 Å². The maximum Gasteiger partial charge on any atom is 0.0461 e. The summed E-state index contributed by atoms with van der Waals surface area (Å²) in [6.07, 6.45) is 1.15. The lowest BCUT2D eigenvalue weighted by molar-refractivity contribution is 0.977. The van der Waals surface area contributed by atoms with Gasteiger partial charge in [0.25, 0.3) is 0 Å². The van der Waals surface area contributed by atoms with E-state index in [1.807, 2.05) is 19.1 Å². The molecule has 0 heterocycles. The van der Waals surface area contributed by atoms with E-state index in [1.54, 1.807) is 0 Å². The summed E-state index contributed by atoms with van der Waals surface area (Å²) in [6.45, 7) is 5.22. The zero-order valence-corrected chi connectivity index (χ0v) is 7.07. The summed E-state index contributed by atoms with van der Waals surface area (Å²) in [5, 5.41) is 3.31. The summed E-state index contributed by atoms with van der Waals surface area (Å²) in [4.78, 5) is 0. The van der Waals surface area contributed by atoms with Gasteiger partial charge >= 0.3 is 0 Å². The topological polar surface area (TPSA) is 12.0 Å². The van der Waals surface area contributed by atoms with Gasteiger partial charge in [0.15, 0.2) is 0 Å². The van der Waals surface area contributed by atoms with Crippen LogP contribution >= 0.6 is 0 Å². The van der Waals surface area contributed by atoms with Gasteiger partial charge in [-0.15, -0.1) is 0 Å². The SMILES string of the molecule is CCCNc1ccc#cc1C. The van der Waals surface area contributed by atoms with Crippen molar-refractivity contribution in [1.82, 2.24) is 0 Å². The molecule has 0 aliphatic carbocycles. The zero-order chi connectivity index (χ0) is 8.10. The molecule has 0 bridgehead atoms. The van der Waals surface area contributed by atoms with Gasteiger partial charge in [0.05, 0.1) is 0 Å². The summed E-state index contributed by atoms with van der Waals surface area (Å²) in [5.74, 6) is 0. The van der Waals surface area contributed by atoms with Crippen molar-refractivity contribution in [3.8, 4) is 0 Å². The molecule has 11 heavy (non-hydrogen) atoms. The third kappa shape index (κ3) is 2.16. The molecule has 0 spiro atoms. The first-order chi connectivity index (χ1) is 5.34. The van der Waals surface area contributed by atoms with Gasteiger partial charge in [-0.25, -0.2) is 0 Å². The highest BCUT2D eigenvalue weighted by molar-refractivity contribution is 5.47. The highest BCUT2D eigenvalue weighted by Crippen LogP contribution is 2.09. The molecule has 0 aliphatic rings. The van der Waals surface area contributed by atoms with E-state index in [0.717, 1.165) is 18.5 Å². The van der Waals surface area contributed by atoms with Crippen LogP contribution in [0.2, 0.25) is 0 Å². The number of hydrogen-bond acceptors (Lipinski definition) is 1. The van der Waals surface area contributed by atoms with E-state index in [1.165, 1.54) is 5.69 Å². The predicted molar refractivity (Wildman–Crippen MR) is 47.6 cm³/mol. The fraction of sp³-hybridized carbons (Fsp3) is 0.400. The van der Waals surface area contributed by atoms with E-state index in [9.17, 15) is 0 Å². The third-order valence-electron chi connectivity index (χ3n) is 1.56. The smallest absolute Gasteiger partial charge is 0.0461 e. The first-order valence-electron chi connectivity index (χ1n) is 3.97. The fourth-order valence-electron chi connectivity index (χ4n) is 0.918. The average molecular weight is 147 g/mol. The molecule has 58 valence electrons. The minimum Gasteiger partial charge on any atom is -0.384 e. The fourth-order valence-corrected chi connectivity index (χ4v) is 0.918. The lowest BCUT2D eigenvalue weighted by Gasteiger charge is -2.04. The van der Waals surface area contributed by atoms with Gasteiger partial charge in [0, 0.05) is 17.8 Å². The van der Waals surface area contributed by atoms with Crippen molar-refractivity contribution < 1.29 is 0 Å². The van der Waals surface area contributed by atoms with Crippen molar-refractivity contribution in [2.24, 2.45) is 0 Å². The molecule has 1 heteroatoms. The lowest BCUT2D eigenvalue weighted by Crippen LogP contribution is -2.00. The Kier molecular flexibility index (Phi) is 2.80. The van der Waals surface area contributed by atoms with Gasteiger partial charge in [-0.05, 0) is 25.5 Å². The number of rotatable bonds is 3. The van der Waals surface area contributed by atoms with Crippen LogP contribution in [0.5, 0.6) is 0 Å². The molecule has 0 saturated heterocycles. The number of nitrogens with one attached hydrogen (secondary N) is 1. The largest absolute Gasteiger partial charge is 0.384 e. The second-order valence-electron chi connectivity index (χ2n) is 2.57. The molecule has 0 radical (unpaired) electrons. The summed E-state index contributed by atoms with van der Waals surface area (Å²) in [5.41, 5.74) is 2.31.